The second-order valence-electron chi connectivity index (χ2n) is 5.06. The van der Waals surface area contributed by atoms with E-state index < -0.39 is 11.4 Å². The lowest BCUT2D eigenvalue weighted by atomic mass is 10.00. The van der Waals surface area contributed by atoms with Crippen LogP contribution in [0.5, 0.6) is 0 Å². The average molecular weight is 347 g/mol. The van der Waals surface area contributed by atoms with Crippen molar-refractivity contribution in [2.75, 3.05) is 0 Å². The van der Waals surface area contributed by atoms with E-state index in [1.807, 2.05) is 19.1 Å². The van der Waals surface area contributed by atoms with Crippen molar-refractivity contribution >= 4 is 29.0 Å². The molecule has 0 saturated carbocycles. The number of aromatic nitrogens is 1. The van der Waals surface area contributed by atoms with Gasteiger partial charge in [0.15, 0.2) is 18.0 Å². The molecule has 1 aromatic carbocycles. The fourth-order valence-corrected chi connectivity index (χ4v) is 2.32. The number of ketones is 1. The first-order chi connectivity index (χ1) is 12.0. The molecule has 25 heavy (non-hydrogen) atoms. The summed E-state index contributed by atoms with van der Waals surface area (Å²) in [7, 11) is 0. The zero-order valence-electron chi connectivity index (χ0n) is 13.2. The molecule has 0 radical (unpaired) electrons. The molecule has 0 aliphatic heterocycles. The molecule has 0 N–H and O–H groups in total. The van der Waals surface area contributed by atoms with Crippen molar-refractivity contribution in [3.63, 3.8) is 0 Å². The summed E-state index contributed by atoms with van der Waals surface area (Å²) >= 11 is 5.85. The number of aryl methyl sites for hydroxylation is 1. The summed E-state index contributed by atoms with van der Waals surface area (Å²) in [5.41, 5.74) is 0.369. The molecule has 6 heteroatoms. The number of carbonyl (C=O) groups is 1. The minimum atomic E-state index is -0.494. The van der Waals surface area contributed by atoms with Crippen molar-refractivity contribution in [1.29, 1.82) is 10.5 Å². The Hall–Kier alpha value is -3.50. The first kappa shape index (κ1) is 17.8. The van der Waals surface area contributed by atoms with Crippen LogP contribution in [0.1, 0.15) is 15.9 Å². The molecule has 0 amide bonds. The molecule has 2 aromatic rings. The third-order valence-electron chi connectivity index (χ3n) is 3.35. The molecule has 0 spiro atoms. The third kappa shape index (κ3) is 3.88. The first-order valence-corrected chi connectivity index (χ1v) is 7.50. The van der Waals surface area contributed by atoms with Gasteiger partial charge >= 0.3 is 0 Å². The summed E-state index contributed by atoms with van der Waals surface area (Å²) < 4.78 is 1.44. The molecule has 120 valence electrons. The molecular weight excluding hydrogens is 336 g/mol. The van der Waals surface area contributed by atoms with Gasteiger partial charge in [0.2, 0.25) is 0 Å². The number of pyridine rings is 1. The second-order valence-corrected chi connectivity index (χ2v) is 5.50. The lowest BCUT2D eigenvalue weighted by Gasteiger charge is -2.05. The van der Waals surface area contributed by atoms with Crippen LogP contribution in [-0.2, 0) is 0 Å². The predicted octanol–water partition coefficient (Wildman–Crippen LogP) is 3.24. The molecule has 2 rings (SSSR count). The summed E-state index contributed by atoms with van der Waals surface area (Å²) in [6.45, 7) is 1.83. The molecule has 1 heterocycles. The molecule has 0 aliphatic carbocycles. The van der Waals surface area contributed by atoms with Crippen LogP contribution in [-0.4, -0.2) is 11.7 Å². The number of Topliss-reactive ketones (excluding diaryl/α,β-unsaturated/α-hetero) is 1. The van der Waals surface area contributed by atoms with Crippen LogP contribution in [0.15, 0.2) is 59.9 Å². The number of rotatable bonds is 4. The minimum Gasteiger partial charge on any atom is -0.762 e. The van der Waals surface area contributed by atoms with E-state index in [-0.39, 0.29) is 16.8 Å². The SMILES string of the molecule is Cc1ccc[n+](C(C(=O)c2ccc(Cl)cc2)=C(C#N)C(=C=[N-])C#N)c1. The van der Waals surface area contributed by atoms with E-state index in [4.69, 9.17) is 22.3 Å². The van der Waals surface area contributed by atoms with Crippen LogP contribution in [0.4, 0.5) is 0 Å². The van der Waals surface area contributed by atoms with Crippen molar-refractivity contribution in [3.05, 3.63) is 81.5 Å². The van der Waals surface area contributed by atoms with E-state index in [9.17, 15) is 10.1 Å². The lowest BCUT2D eigenvalue weighted by Crippen LogP contribution is -2.37. The molecule has 0 fully saturated rings. The van der Waals surface area contributed by atoms with E-state index >= 15 is 0 Å². The van der Waals surface area contributed by atoms with Crippen molar-refractivity contribution in [2.45, 2.75) is 6.92 Å². The molecule has 0 saturated heterocycles. The summed E-state index contributed by atoms with van der Waals surface area (Å²) in [5.74, 6) is 1.18. The Bertz CT molecular complexity index is 1000. The highest BCUT2D eigenvalue weighted by Crippen LogP contribution is 2.19. The summed E-state index contributed by atoms with van der Waals surface area (Å²) in [6, 6.07) is 13.2. The maximum atomic E-state index is 13.0. The number of halogens is 1. The smallest absolute Gasteiger partial charge is 0.278 e. The van der Waals surface area contributed by atoms with Crippen LogP contribution in [0.25, 0.3) is 11.1 Å². The number of carbonyl (C=O) groups excluding carboxylic acids is 1. The Morgan fingerprint density at radius 2 is 1.84 bits per heavy atom. The largest absolute Gasteiger partial charge is 0.762 e. The number of benzene rings is 1. The first-order valence-electron chi connectivity index (χ1n) is 7.12. The molecule has 0 atom stereocenters. The van der Waals surface area contributed by atoms with Crippen molar-refractivity contribution in [3.8, 4) is 12.1 Å². The van der Waals surface area contributed by atoms with E-state index in [1.54, 1.807) is 42.5 Å². The number of allylic oxidation sites excluding steroid dienone is 3. The van der Waals surface area contributed by atoms with Crippen LogP contribution < -0.4 is 4.57 Å². The second kappa shape index (κ2) is 7.86. The fraction of sp³-hybridized carbons (Fsp3) is 0.0526. The molecule has 0 aliphatic rings. The highest BCUT2D eigenvalue weighted by Gasteiger charge is 2.28. The Balaban J connectivity index is 2.79. The Kier molecular flexibility index (Phi) is 5.61. The molecule has 1 aromatic heterocycles. The van der Waals surface area contributed by atoms with Gasteiger partial charge in [-0.25, -0.2) is 5.87 Å². The normalized spacial score (nSPS) is 10.7. The Morgan fingerprint density at radius 3 is 2.36 bits per heavy atom. The van der Waals surface area contributed by atoms with Gasteiger partial charge in [0.1, 0.15) is 12.1 Å². The van der Waals surface area contributed by atoms with Crippen LogP contribution in [0.2, 0.25) is 5.02 Å². The maximum Gasteiger partial charge on any atom is 0.278 e. The van der Waals surface area contributed by atoms with E-state index in [1.165, 1.54) is 16.7 Å². The quantitative estimate of drug-likeness (QED) is 0.212. The van der Waals surface area contributed by atoms with Gasteiger partial charge in [-0.2, -0.15) is 15.1 Å². The molecular formula is C19H11ClN4O. The monoisotopic (exact) mass is 346 g/mol. The van der Waals surface area contributed by atoms with Gasteiger partial charge in [-0.15, -0.1) is 0 Å². The van der Waals surface area contributed by atoms with Gasteiger partial charge in [0.25, 0.3) is 11.5 Å². The average Bonchev–Trinajstić information content (AvgIpc) is 2.62. The zero-order valence-corrected chi connectivity index (χ0v) is 13.9. The minimum absolute atomic E-state index is 0.0633. The van der Waals surface area contributed by atoms with Gasteiger partial charge < -0.3 is 5.41 Å². The zero-order chi connectivity index (χ0) is 18.4. The van der Waals surface area contributed by atoms with Crippen molar-refractivity contribution in [2.24, 2.45) is 0 Å². The fourth-order valence-electron chi connectivity index (χ4n) is 2.19. The summed E-state index contributed by atoms with van der Waals surface area (Å²) in [5, 5.41) is 28.2. The number of nitrogens with zero attached hydrogens (tertiary/aromatic N) is 4. The number of hydrogen-bond acceptors (Lipinski definition) is 3. The van der Waals surface area contributed by atoms with Crippen molar-refractivity contribution in [1.82, 2.24) is 0 Å². The Morgan fingerprint density at radius 1 is 1.16 bits per heavy atom. The summed E-state index contributed by atoms with van der Waals surface area (Å²) in [6.07, 6.45) is 3.23. The van der Waals surface area contributed by atoms with Gasteiger partial charge in [-0.1, -0.05) is 11.6 Å². The van der Waals surface area contributed by atoms with Gasteiger partial charge in [0.05, 0.1) is 5.57 Å². The highest BCUT2D eigenvalue weighted by molar-refractivity contribution is 6.31. The third-order valence-corrected chi connectivity index (χ3v) is 3.60. The van der Waals surface area contributed by atoms with E-state index in [0.717, 1.165) is 5.56 Å². The Labute approximate surface area is 149 Å². The van der Waals surface area contributed by atoms with Crippen LogP contribution in [0, 0.1) is 29.6 Å². The highest BCUT2D eigenvalue weighted by atomic mass is 35.5. The van der Waals surface area contributed by atoms with Gasteiger partial charge in [-0.3, -0.25) is 4.79 Å². The topological polar surface area (TPSA) is 90.8 Å². The molecule has 0 unspecified atom stereocenters. The van der Waals surface area contributed by atoms with Crippen molar-refractivity contribution < 1.29 is 9.36 Å². The van der Waals surface area contributed by atoms with Crippen LogP contribution >= 0.6 is 11.6 Å². The number of hydrogen-bond donors (Lipinski definition) is 0. The van der Waals surface area contributed by atoms with E-state index in [2.05, 4.69) is 0 Å². The van der Waals surface area contributed by atoms with E-state index in [0.29, 0.717) is 5.02 Å². The molecule has 0 bridgehead atoms. The van der Waals surface area contributed by atoms with Crippen LogP contribution in [0.3, 0.4) is 0 Å². The lowest BCUT2D eigenvalue weighted by molar-refractivity contribution is -0.577. The maximum absolute atomic E-state index is 13.0. The van der Waals surface area contributed by atoms with Gasteiger partial charge in [-0.05, 0) is 37.3 Å². The number of nitriles is 2. The van der Waals surface area contributed by atoms with Gasteiger partial charge in [0, 0.05) is 22.2 Å². The molecule has 5 nitrogen and oxygen atoms in total. The predicted molar refractivity (Wildman–Crippen MR) is 93.5 cm³/mol. The standard InChI is InChI=1S/C19H11ClN4O/c1-13-3-2-8-24(12-13)18(17(11-23)15(9-21)10-22)19(25)14-4-6-16(20)7-5-14/h2-8,12H,1H3. The summed E-state index contributed by atoms with van der Waals surface area (Å²) in [4.78, 5) is 13.0.